The van der Waals surface area contributed by atoms with E-state index in [4.69, 9.17) is 5.11 Å². The van der Waals surface area contributed by atoms with E-state index in [2.05, 4.69) is 5.32 Å². The highest BCUT2D eigenvalue weighted by atomic mass is 32.2. The number of carbonyl (C=O) groups excluding carboxylic acids is 1. The molecule has 0 aromatic rings. The Morgan fingerprint density at radius 1 is 1.62 bits per heavy atom. The summed E-state index contributed by atoms with van der Waals surface area (Å²) in [4.78, 5) is 11.1. The summed E-state index contributed by atoms with van der Waals surface area (Å²) in [6, 6.07) is 0. The Bertz CT molecular complexity index is 158. The van der Waals surface area contributed by atoms with Crippen LogP contribution in [-0.2, 0) is 4.79 Å². The zero-order chi connectivity index (χ0) is 9.52. The number of nitrogens with one attached hydrogen (secondary N) is 1. The first kappa shape index (κ1) is 10.9. The highest BCUT2D eigenvalue weighted by molar-refractivity contribution is 8.00. The van der Waals surface area contributed by atoms with E-state index >= 15 is 0 Å². The summed E-state index contributed by atoms with van der Waals surface area (Å²) in [6.45, 7) is 0.903. The molecule has 76 valence electrons. The number of hydrogen-bond acceptors (Lipinski definition) is 3. The Labute approximate surface area is 83.3 Å². The molecule has 0 saturated carbocycles. The fraction of sp³-hybridized carbons (Fsp3) is 0.889. The largest absolute Gasteiger partial charge is 0.396 e. The molecule has 0 bridgehead atoms. The lowest BCUT2D eigenvalue weighted by Gasteiger charge is -2.09. The van der Waals surface area contributed by atoms with Crippen molar-refractivity contribution in [3.63, 3.8) is 0 Å². The molecule has 0 aliphatic carbocycles. The summed E-state index contributed by atoms with van der Waals surface area (Å²) >= 11 is 1.94. The molecule has 2 N–H and O–H groups in total. The highest BCUT2D eigenvalue weighted by Crippen LogP contribution is 2.25. The van der Waals surface area contributed by atoms with Gasteiger partial charge >= 0.3 is 0 Å². The molecule has 4 heteroatoms. The Balaban J connectivity index is 2.00. The maximum absolute atomic E-state index is 11.1. The van der Waals surface area contributed by atoms with Gasteiger partial charge in [0.2, 0.25) is 5.91 Å². The molecule has 1 heterocycles. The van der Waals surface area contributed by atoms with Crippen molar-refractivity contribution in [3.05, 3.63) is 0 Å². The summed E-state index contributed by atoms with van der Waals surface area (Å²) in [7, 11) is 0. The van der Waals surface area contributed by atoms with Gasteiger partial charge in [-0.25, -0.2) is 0 Å². The normalized spacial score (nSPS) is 21.8. The molecule has 0 radical (unpaired) electrons. The summed E-state index contributed by atoms with van der Waals surface area (Å²) < 4.78 is 0. The van der Waals surface area contributed by atoms with E-state index in [0.717, 1.165) is 6.54 Å². The maximum Gasteiger partial charge on any atom is 0.220 e. The minimum Gasteiger partial charge on any atom is -0.396 e. The van der Waals surface area contributed by atoms with E-state index < -0.39 is 0 Å². The molecule has 1 aliphatic heterocycles. The van der Waals surface area contributed by atoms with Crippen molar-refractivity contribution in [3.8, 4) is 0 Å². The maximum atomic E-state index is 11.1. The highest BCUT2D eigenvalue weighted by Gasteiger charge is 2.15. The molecule has 0 spiro atoms. The Hall–Kier alpha value is -0.220. The first-order chi connectivity index (χ1) is 6.33. The SMILES string of the molecule is O=C(CCCO)NCC1CCCS1. The molecule has 1 atom stereocenters. The Kier molecular flexibility index (Phi) is 5.23. The van der Waals surface area contributed by atoms with Gasteiger partial charge in [0.1, 0.15) is 0 Å². The quantitative estimate of drug-likeness (QED) is 0.694. The first-order valence-electron chi connectivity index (χ1n) is 4.82. The molecule has 1 unspecified atom stereocenters. The molecule has 1 aliphatic rings. The van der Waals surface area contributed by atoms with Crippen LogP contribution in [0.25, 0.3) is 0 Å². The van der Waals surface area contributed by atoms with Crippen molar-refractivity contribution >= 4 is 17.7 Å². The summed E-state index contributed by atoms with van der Waals surface area (Å²) in [5, 5.41) is 12.0. The second kappa shape index (κ2) is 6.27. The molecule has 1 rings (SSSR count). The van der Waals surface area contributed by atoms with Gasteiger partial charge in [-0.15, -0.1) is 0 Å². The number of aliphatic hydroxyl groups excluding tert-OH is 1. The van der Waals surface area contributed by atoms with Gasteiger partial charge in [-0.05, 0) is 25.0 Å². The van der Waals surface area contributed by atoms with Crippen molar-refractivity contribution in [1.29, 1.82) is 0 Å². The predicted molar refractivity (Wildman–Crippen MR) is 54.8 cm³/mol. The molecule has 1 amide bonds. The van der Waals surface area contributed by atoms with Gasteiger partial charge in [-0.2, -0.15) is 11.8 Å². The molecule has 13 heavy (non-hydrogen) atoms. The number of aliphatic hydroxyl groups is 1. The average Bonchev–Trinajstić information content (AvgIpc) is 2.64. The second-order valence-electron chi connectivity index (χ2n) is 3.27. The van der Waals surface area contributed by atoms with Gasteiger partial charge < -0.3 is 10.4 Å². The van der Waals surface area contributed by atoms with E-state index in [9.17, 15) is 4.79 Å². The lowest BCUT2D eigenvalue weighted by Crippen LogP contribution is -2.29. The van der Waals surface area contributed by atoms with Crippen LogP contribution in [-0.4, -0.2) is 35.2 Å². The van der Waals surface area contributed by atoms with Crippen LogP contribution >= 0.6 is 11.8 Å². The molecular formula is C9H17NO2S. The molecule has 3 nitrogen and oxygen atoms in total. The fourth-order valence-electron chi connectivity index (χ4n) is 1.36. The number of thioether (sulfide) groups is 1. The minimum absolute atomic E-state index is 0.0709. The zero-order valence-corrected chi connectivity index (χ0v) is 8.61. The molecule has 1 saturated heterocycles. The van der Waals surface area contributed by atoms with Crippen LogP contribution in [0.5, 0.6) is 0 Å². The number of hydrogen-bond donors (Lipinski definition) is 2. The number of carbonyl (C=O) groups is 1. The van der Waals surface area contributed by atoms with Gasteiger partial charge in [0, 0.05) is 24.8 Å². The summed E-state index contributed by atoms with van der Waals surface area (Å²) in [6.07, 6.45) is 3.53. The number of rotatable bonds is 5. The second-order valence-corrected chi connectivity index (χ2v) is 4.67. The van der Waals surface area contributed by atoms with Gasteiger partial charge in [0.15, 0.2) is 0 Å². The van der Waals surface area contributed by atoms with E-state index in [1.807, 2.05) is 11.8 Å². The van der Waals surface area contributed by atoms with Gasteiger partial charge in [-0.1, -0.05) is 0 Å². The Morgan fingerprint density at radius 2 is 2.46 bits per heavy atom. The molecule has 1 fully saturated rings. The lowest BCUT2D eigenvalue weighted by molar-refractivity contribution is -0.121. The van der Waals surface area contributed by atoms with Gasteiger partial charge in [0.25, 0.3) is 0 Å². The molecular weight excluding hydrogens is 186 g/mol. The van der Waals surface area contributed by atoms with Crippen LogP contribution in [0.4, 0.5) is 0 Å². The van der Waals surface area contributed by atoms with E-state index in [0.29, 0.717) is 18.1 Å². The summed E-state index contributed by atoms with van der Waals surface area (Å²) in [5.41, 5.74) is 0. The monoisotopic (exact) mass is 203 g/mol. The van der Waals surface area contributed by atoms with Crippen LogP contribution in [0, 0.1) is 0 Å². The minimum atomic E-state index is 0.0709. The van der Waals surface area contributed by atoms with Crippen LogP contribution in [0.2, 0.25) is 0 Å². The Morgan fingerprint density at radius 3 is 3.08 bits per heavy atom. The van der Waals surface area contributed by atoms with Crippen molar-refractivity contribution in [2.45, 2.75) is 30.9 Å². The standard InChI is InChI=1S/C9H17NO2S/c11-5-1-4-9(12)10-7-8-3-2-6-13-8/h8,11H,1-7H2,(H,10,12). The molecule has 0 aromatic carbocycles. The van der Waals surface area contributed by atoms with Crippen molar-refractivity contribution in [1.82, 2.24) is 5.32 Å². The number of amides is 1. The first-order valence-corrected chi connectivity index (χ1v) is 5.87. The zero-order valence-electron chi connectivity index (χ0n) is 7.79. The third kappa shape index (κ3) is 4.52. The average molecular weight is 203 g/mol. The van der Waals surface area contributed by atoms with E-state index in [1.165, 1.54) is 18.6 Å². The van der Waals surface area contributed by atoms with Crippen LogP contribution in [0.1, 0.15) is 25.7 Å². The molecule has 0 aromatic heterocycles. The van der Waals surface area contributed by atoms with E-state index in [-0.39, 0.29) is 12.5 Å². The van der Waals surface area contributed by atoms with Crippen LogP contribution < -0.4 is 5.32 Å². The van der Waals surface area contributed by atoms with Crippen LogP contribution in [0.15, 0.2) is 0 Å². The smallest absolute Gasteiger partial charge is 0.220 e. The third-order valence-electron chi connectivity index (χ3n) is 2.11. The summed E-state index contributed by atoms with van der Waals surface area (Å²) in [5.74, 6) is 1.30. The predicted octanol–water partition coefficient (Wildman–Crippen LogP) is 0.771. The van der Waals surface area contributed by atoms with Crippen molar-refractivity contribution in [2.24, 2.45) is 0 Å². The fourth-order valence-corrected chi connectivity index (χ4v) is 2.56. The van der Waals surface area contributed by atoms with Gasteiger partial charge in [0.05, 0.1) is 0 Å². The lowest BCUT2D eigenvalue weighted by atomic mass is 10.2. The van der Waals surface area contributed by atoms with Crippen molar-refractivity contribution < 1.29 is 9.90 Å². The topological polar surface area (TPSA) is 49.3 Å². The van der Waals surface area contributed by atoms with Crippen molar-refractivity contribution in [2.75, 3.05) is 18.9 Å². The van der Waals surface area contributed by atoms with E-state index in [1.54, 1.807) is 0 Å². The van der Waals surface area contributed by atoms with Crippen LogP contribution in [0.3, 0.4) is 0 Å². The third-order valence-corrected chi connectivity index (χ3v) is 3.51. The van der Waals surface area contributed by atoms with Gasteiger partial charge in [-0.3, -0.25) is 4.79 Å².